The Balaban J connectivity index is 2.13. The first kappa shape index (κ1) is 13.5. The number of hydrogen-bond acceptors (Lipinski definition) is 3. The summed E-state index contributed by atoms with van der Waals surface area (Å²) in [5.41, 5.74) is 5.41. The van der Waals surface area contributed by atoms with Gasteiger partial charge in [-0.2, -0.15) is 0 Å². The summed E-state index contributed by atoms with van der Waals surface area (Å²) < 4.78 is 5.12. The number of hydrogen-bond donors (Lipinski definition) is 1. The Morgan fingerprint density at radius 2 is 2.25 bits per heavy atom. The summed E-state index contributed by atoms with van der Waals surface area (Å²) in [5.74, 6) is 0.841. The van der Waals surface area contributed by atoms with Crippen molar-refractivity contribution >= 4 is 5.91 Å². The van der Waals surface area contributed by atoms with Crippen molar-refractivity contribution in [3.63, 3.8) is 0 Å². The molecular weight excluding hydrogens is 204 g/mol. The number of likely N-dealkylation sites (tertiary alicyclic amines) is 1. The summed E-state index contributed by atoms with van der Waals surface area (Å²) >= 11 is 0. The SMILES string of the molecule is COCC1CCN(C(=O)CCCCCN)C1. The minimum Gasteiger partial charge on any atom is -0.384 e. The Labute approximate surface area is 98.1 Å². The number of nitrogens with two attached hydrogens (primary N) is 1. The van der Waals surface area contributed by atoms with Crippen LogP contribution in [0.2, 0.25) is 0 Å². The first-order valence-corrected chi connectivity index (χ1v) is 6.24. The lowest BCUT2D eigenvalue weighted by molar-refractivity contribution is -0.130. The second-order valence-corrected chi connectivity index (χ2v) is 4.55. The van der Waals surface area contributed by atoms with Gasteiger partial charge in [0.05, 0.1) is 6.61 Å². The van der Waals surface area contributed by atoms with Crippen molar-refractivity contribution in [2.45, 2.75) is 32.1 Å². The molecule has 1 amide bonds. The number of carbonyl (C=O) groups is 1. The maximum atomic E-state index is 11.8. The van der Waals surface area contributed by atoms with Gasteiger partial charge in [0.25, 0.3) is 0 Å². The molecule has 2 N–H and O–H groups in total. The normalized spacial score (nSPS) is 20.4. The highest BCUT2D eigenvalue weighted by Crippen LogP contribution is 2.17. The van der Waals surface area contributed by atoms with Crippen LogP contribution < -0.4 is 5.73 Å². The quantitative estimate of drug-likeness (QED) is 0.661. The second-order valence-electron chi connectivity index (χ2n) is 4.55. The zero-order chi connectivity index (χ0) is 11.8. The van der Waals surface area contributed by atoms with Crippen LogP contribution in [0.1, 0.15) is 32.1 Å². The van der Waals surface area contributed by atoms with Crippen molar-refractivity contribution in [3.05, 3.63) is 0 Å². The molecule has 1 rings (SSSR count). The topological polar surface area (TPSA) is 55.6 Å². The monoisotopic (exact) mass is 228 g/mol. The highest BCUT2D eigenvalue weighted by atomic mass is 16.5. The molecule has 1 saturated heterocycles. The molecule has 0 bridgehead atoms. The van der Waals surface area contributed by atoms with Crippen LogP contribution in [0.5, 0.6) is 0 Å². The zero-order valence-electron chi connectivity index (χ0n) is 10.3. The molecule has 1 aliphatic heterocycles. The van der Waals surface area contributed by atoms with E-state index in [1.165, 1.54) is 0 Å². The minimum atomic E-state index is 0.302. The van der Waals surface area contributed by atoms with Gasteiger partial charge in [-0.25, -0.2) is 0 Å². The standard InChI is InChI=1S/C12H24N2O2/c1-16-10-11-6-8-14(9-11)12(15)5-3-2-4-7-13/h11H,2-10,13H2,1H3. The van der Waals surface area contributed by atoms with Gasteiger partial charge in [-0.3, -0.25) is 4.79 Å². The smallest absolute Gasteiger partial charge is 0.222 e. The van der Waals surface area contributed by atoms with Crippen molar-refractivity contribution in [1.82, 2.24) is 4.90 Å². The molecule has 16 heavy (non-hydrogen) atoms. The molecule has 0 aromatic carbocycles. The predicted molar refractivity (Wildman–Crippen MR) is 64.1 cm³/mol. The number of rotatable bonds is 7. The van der Waals surface area contributed by atoms with Crippen LogP contribution >= 0.6 is 0 Å². The van der Waals surface area contributed by atoms with E-state index in [0.29, 0.717) is 18.2 Å². The van der Waals surface area contributed by atoms with Crippen LogP contribution in [-0.2, 0) is 9.53 Å². The molecule has 1 aliphatic rings. The van der Waals surface area contributed by atoms with Gasteiger partial charge in [0.15, 0.2) is 0 Å². The maximum absolute atomic E-state index is 11.8. The molecule has 1 heterocycles. The number of ether oxygens (including phenoxy) is 1. The fraction of sp³-hybridized carbons (Fsp3) is 0.917. The summed E-state index contributed by atoms with van der Waals surface area (Å²) in [6.45, 7) is 3.29. The van der Waals surface area contributed by atoms with E-state index >= 15 is 0 Å². The summed E-state index contributed by atoms with van der Waals surface area (Å²) in [6.07, 6.45) is 4.83. The minimum absolute atomic E-state index is 0.302. The highest BCUT2D eigenvalue weighted by molar-refractivity contribution is 5.76. The van der Waals surface area contributed by atoms with Crippen molar-refractivity contribution < 1.29 is 9.53 Å². The lowest BCUT2D eigenvalue weighted by Crippen LogP contribution is -2.29. The zero-order valence-corrected chi connectivity index (χ0v) is 10.3. The van der Waals surface area contributed by atoms with Gasteiger partial charge in [0.2, 0.25) is 5.91 Å². The third-order valence-corrected chi connectivity index (χ3v) is 3.14. The third kappa shape index (κ3) is 4.49. The summed E-state index contributed by atoms with van der Waals surface area (Å²) in [7, 11) is 1.72. The Kier molecular flexibility index (Phi) is 6.42. The van der Waals surface area contributed by atoms with Crippen molar-refractivity contribution in [2.75, 3.05) is 33.4 Å². The number of amides is 1. The summed E-state index contributed by atoms with van der Waals surface area (Å²) in [5, 5.41) is 0. The van der Waals surface area contributed by atoms with Gasteiger partial charge in [-0.05, 0) is 25.8 Å². The van der Waals surface area contributed by atoms with Gasteiger partial charge in [-0.1, -0.05) is 6.42 Å². The van der Waals surface area contributed by atoms with Crippen molar-refractivity contribution in [2.24, 2.45) is 11.7 Å². The van der Waals surface area contributed by atoms with Gasteiger partial charge >= 0.3 is 0 Å². The number of carbonyl (C=O) groups excluding carboxylic acids is 1. The first-order valence-electron chi connectivity index (χ1n) is 6.24. The molecule has 0 radical (unpaired) electrons. The molecule has 4 heteroatoms. The molecule has 0 aliphatic carbocycles. The van der Waals surface area contributed by atoms with Crippen LogP contribution in [0, 0.1) is 5.92 Å². The van der Waals surface area contributed by atoms with E-state index < -0.39 is 0 Å². The Morgan fingerprint density at radius 1 is 1.44 bits per heavy atom. The van der Waals surface area contributed by atoms with Crippen LogP contribution in [-0.4, -0.2) is 44.2 Å². The van der Waals surface area contributed by atoms with E-state index in [-0.39, 0.29) is 0 Å². The predicted octanol–water partition coefficient (Wildman–Crippen LogP) is 1.00. The van der Waals surface area contributed by atoms with Gasteiger partial charge in [0, 0.05) is 32.5 Å². The molecule has 0 aromatic rings. The van der Waals surface area contributed by atoms with Crippen molar-refractivity contribution in [3.8, 4) is 0 Å². The lowest BCUT2D eigenvalue weighted by Gasteiger charge is -2.16. The number of methoxy groups -OCH3 is 1. The fourth-order valence-corrected chi connectivity index (χ4v) is 2.19. The average Bonchev–Trinajstić information content (AvgIpc) is 2.73. The van der Waals surface area contributed by atoms with Crippen LogP contribution in [0.25, 0.3) is 0 Å². The molecule has 1 fully saturated rings. The number of unbranched alkanes of at least 4 members (excludes halogenated alkanes) is 2. The molecule has 0 saturated carbocycles. The first-order chi connectivity index (χ1) is 7.77. The molecule has 1 atom stereocenters. The Bertz CT molecular complexity index is 209. The van der Waals surface area contributed by atoms with Crippen LogP contribution in [0.15, 0.2) is 0 Å². The van der Waals surface area contributed by atoms with Gasteiger partial charge < -0.3 is 15.4 Å². The van der Waals surface area contributed by atoms with E-state index in [4.69, 9.17) is 10.5 Å². The Hall–Kier alpha value is -0.610. The number of nitrogens with zero attached hydrogens (tertiary/aromatic N) is 1. The lowest BCUT2D eigenvalue weighted by atomic mass is 10.1. The summed E-state index contributed by atoms with van der Waals surface area (Å²) in [6, 6.07) is 0. The van der Waals surface area contributed by atoms with Gasteiger partial charge in [0.1, 0.15) is 0 Å². The van der Waals surface area contributed by atoms with Crippen molar-refractivity contribution in [1.29, 1.82) is 0 Å². The Morgan fingerprint density at radius 3 is 2.94 bits per heavy atom. The van der Waals surface area contributed by atoms with Crippen LogP contribution in [0.3, 0.4) is 0 Å². The van der Waals surface area contributed by atoms with Gasteiger partial charge in [-0.15, -0.1) is 0 Å². The molecular formula is C12H24N2O2. The maximum Gasteiger partial charge on any atom is 0.222 e. The van der Waals surface area contributed by atoms with E-state index in [0.717, 1.165) is 51.9 Å². The highest BCUT2D eigenvalue weighted by Gasteiger charge is 2.25. The molecule has 1 unspecified atom stereocenters. The van der Waals surface area contributed by atoms with E-state index in [2.05, 4.69) is 0 Å². The largest absolute Gasteiger partial charge is 0.384 e. The molecule has 0 spiro atoms. The molecule has 0 aromatic heterocycles. The average molecular weight is 228 g/mol. The van der Waals surface area contributed by atoms with E-state index in [1.54, 1.807) is 7.11 Å². The second kappa shape index (κ2) is 7.63. The van der Waals surface area contributed by atoms with E-state index in [1.807, 2.05) is 4.90 Å². The molecule has 4 nitrogen and oxygen atoms in total. The summed E-state index contributed by atoms with van der Waals surface area (Å²) in [4.78, 5) is 13.8. The molecule has 94 valence electrons. The third-order valence-electron chi connectivity index (χ3n) is 3.14. The van der Waals surface area contributed by atoms with Crippen LogP contribution in [0.4, 0.5) is 0 Å². The van der Waals surface area contributed by atoms with E-state index in [9.17, 15) is 4.79 Å². The fourth-order valence-electron chi connectivity index (χ4n) is 2.19.